The van der Waals surface area contributed by atoms with Crippen molar-refractivity contribution in [3.8, 4) is 5.75 Å². The van der Waals surface area contributed by atoms with Crippen molar-refractivity contribution in [1.82, 2.24) is 9.29 Å². The van der Waals surface area contributed by atoms with Crippen molar-refractivity contribution in [2.45, 2.75) is 36.1 Å². The number of carbonyl (C=O) groups excluding carboxylic acids is 1. The first kappa shape index (κ1) is 24.3. The smallest absolute Gasteiger partial charge is 0.253 e. The summed E-state index contributed by atoms with van der Waals surface area (Å²) in [5, 5.41) is 2.61. The molecule has 5 rings (SSSR count). The minimum atomic E-state index is -3.81. The maximum Gasteiger partial charge on any atom is 0.253 e. The molecule has 4 aromatic rings. The molecule has 1 unspecified atom stereocenters. The second-order valence-electron chi connectivity index (χ2n) is 7.99. The van der Waals surface area contributed by atoms with Crippen LogP contribution in [0.15, 0.2) is 56.7 Å². The van der Waals surface area contributed by atoms with E-state index in [-0.39, 0.29) is 23.2 Å². The van der Waals surface area contributed by atoms with Gasteiger partial charge in [-0.3, -0.25) is 9.69 Å². The van der Waals surface area contributed by atoms with Crippen LogP contribution in [0.4, 0.5) is 5.13 Å². The van der Waals surface area contributed by atoms with E-state index >= 15 is 0 Å². The molecule has 4 heterocycles. The van der Waals surface area contributed by atoms with Crippen LogP contribution in [-0.4, -0.2) is 43.3 Å². The molecule has 1 aliphatic heterocycles. The lowest BCUT2D eigenvalue weighted by atomic mass is 10.0. The molecule has 3 aromatic heterocycles. The summed E-state index contributed by atoms with van der Waals surface area (Å²) in [7, 11) is -2.27. The summed E-state index contributed by atoms with van der Waals surface area (Å²) in [5.41, 5.74) is 0.545. The van der Waals surface area contributed by atoms with Gasteiger partial charge in [-0.15, -0.1) is 11.3 Å². The molecule has 0 saturated carbocycles. The van der Waals surface area contributed by atoms with Gasteiger partial charge in [0.25, 0.3) is 10.0 Å². The monoisotopic (exact) mass is 551 g/mol. The molecule has 1 saturated heterocycles. The Morgan fingerprint density at radius 1 is 1.29 bits per heavy atom. The number of aromatic nitrogens is 1. The zero-order valence-corrected chi connectivity index (χ0v) is 21.9. The lowest BCUT2D eigenvalue weighted by Crippen LogP contribution is -2.52. The second-order valence-corrected chi connectivity index (χ2v) is 12.4. The lowest BCUT2D eigenvalue weighted by molar-refractivity contribution is -0.123. The number of benzene rings is 1. The number of sulfonamides is 1. The normalized spacial score (nSPS) is 17.0. The highest BCUT2D eigenvalue weighted by atomic mass is 35.5. The quantitative estimate of drug-likeness (QED) is 0.306. The summed E-state index contributed by atoms with van der Waals surface area (Å²) < 4.78 is 40.0. The number of halogens is 1. The van der Waals surface area contributed by atoms with Gasteiger partial charge in [0.05, 0.1) is 29.6 Å². The third kappa shape index (κ3) is 4.58. The third-order valence-corrected chi connectivity index (χ3v) is 10.7. The van der Waals surface area contributed by atoms with Gasteiger partial charge in [0, 0.05) is 6.54 Å². The molecule has 1 atom stereocenters. The summed E-state index contributed by atoms with van der Waals surface area (Å²) in [5.74, 6) is 0.742. The molecule has 8 nitrogen and oxygen atoms in total. The van der Waals surface area contributed by atoms with Crippen molar-refractivity contribution in [3.05, 3.63) is 58.8 Å². The van der Waals surface area contributed by atoms with E-state index in [1.807, 2.05) is 0 Å². The summed E-state index contributed by atoms with van der Waals surface area (Å²) in [6.07, 6.45) is 3.40. The number of nitrogens with zero attached hydrogens (tertiary/aromatic N) is 3. The van der Waals surface area contributed by atoms with E-state index < -0.39 is 16.1 Å². The van der Waals surface area contributed by atoms with Crippen molar-refractivity contribution in [1.29, 1.82) is 0 Å². The fraction of sp³-hybridized carbons (Fsp3) is 0.304. The minimum absolute atomic E-state index is 0.106. The molecule has 1 fully saturated rings. The van der Waals surface area contributed by atoms with Gasteiger partial charge >= 0.3 is 0 Å². The summed E-state index contributed by atoms with van der Waals surface area (Å²) >= 11 is 8.82. The largest absolute Gasteiger partial charge is 0.494 e. The molecule has 0 N–H and O–H groups in total. The Labute approximate surface area is 215 Å². The van der Waals surface area contributed by atoms with Gasteiger partial charge < -0.3 is 9.15 Å². The summed E-state index contributed by atoms with van der Waals surface area (Å²) in [4.78, 5) is 20.2. The second kappa shape index (κ2) is 9.90. The van der Waals surface area contributed by atoms with Gasteiger partial charge in [-0.05, 0) is 48.6 Å². The van der Waals surface area contributed by atoms with Crippen LogP contribution >= 0.6 is 34.3 Å². The average molecular weight is 552 g/mol. The molecule has 1 amide bonds. The molecule has 0 spiro atoms. The van der Waals surface area contributed by atoms with E-state index in [0.717, 1.165) is 17.8 Å². The Morgan fingerprint density at radius 3 is 2.86 bits per heavy atom. The van der Waals surface area contributed by atoms with Crippen LogP contribution in [0.25, 0.3) is 10.2 Å². The van der Waals surface area contributed by atoms with Gasteiger partial charge in [0.15, 0.2) is 5.13 Å². The molecular weight excluding hydrogens is 530 g/mol. The number of anilines is 1. The van der Waals surface area contributed by atoms with E-state index in [2.05, 4.69) is 4.98 Å². The van der Waals surface area contributed by atoms with Crippen LogP contribution in [0.3, 0.4) is 0 Å². The number of piperidine rings is 1. The number of fused-ring (bicyclic) bond motifs is 1. The van der Waals surface area contributed by atoms with Gasteiger partial charge in [-0.1, -0.05) is 35.4 Å². The number of rotatable bonds is 7. The topological polar surface area (TPSA) is 93.0 Å². The Morgan fingerprint density at radius 2 is 2.14 bits per heavy atom. The van der Waals surface area contributed by atoms with Gasteiger partial charge in [0.2, 0.25) is 5.91 Å². The molecular formula is C23H22ClN3O5S3. The van der Waals surface area contributed by atoms with Crippen LogP contribution in [-0.2, 0) is 21.4 Å². The number of thiophene rings is 1. The van der Waals surface area contributed by atoms with Crippen molar-refractivity contribution < 1.29 is 22.4 Å². The van der Waals surface area contributed by atoms with Crippen LogP contribution in [0.5, 0.6) is 5.75 Å². The average Bonchev–Trinajstić information content (AvgIpc) is 3.64. The molecule has 1 aromatic carbocycles. The standard InChI is InChI=1S/C23H22ClN3O5S3/c1-31-18-10-9-16(24)21-20(18)25-23(34-21)26(14-15-6-4-12-32-15)22(28)17-7-2-3-11-27(17)35(29,30)19-8-5-13-33-19/h4-6,8-10,12-13,17H,2-3,7,11,14H2,1H3. The molecule has 35 heavy (non-hydrogen) atoms. The van der Waals surface area contributed by atoms with E-state index in [4.69, 9.17) is 20.8 Å². The predicted molar refractivity (Wildman–Crippen MR) is 137 cm³/mol. The Balaban J connectivity index is 1.57. The SMILES string of the molecule is COc1ccc(Cl)c2sc(N(Cc3ccco3)C(=O)C3CCCCN3S(=O)(=O)c3cccs3)nc12. The number of amides is 1. The Bertz CT molecular complexity index is 1430. The molecule has 12 heteroatoms. The highest BCUT2D eigenvalue weighted by Gasteiger charge is 2.41. The number of furan rings is 1. The highest BCUT2D eigenvalue weighted by molar-refractivity contribution is 7.91. The van der Waals surface area contributed by atoms with Gasteiger partial charge in [-0.2, -0.15) is 4.31 Å². The fourth-order valence-corrected chi connectivity index (χ4v) is 8.20. The fourth-order valence-electron chi connectivity index (χ4n) is 4.16. The zero-order valence-electron chi connectivity index (χ0n) is 18.7. The Kier molecular flexibility index (Phi) is 6.86. The number of ether oxygens (including phenoxy) is 1. The number of hydrogen-bond acceptors (Lipinski definition) is 8. The van der Waals surface area contributed by atoms with Crippen molar-refractivity contribution in [3.63, 3.8) is 0 Å². The van der Waals surface area contributed by atoms with E-state index in [9.17, 15) is 13.2 Å². The van der Waals surface area contributed by atoms with Crippen LogP contribution in [0, 0.1) is 0 Å². The van der Waals surface area contributed by atoms with Crippen LogP contribution in [0.1, 0.15) is 25.0 Å². The van der Waals surface area contributed by atoms with Crippen LogP contribution in [0.2, 0.25) is 5.02 Å². The number of carbonyl (C=O) groups is 1. The molecule has 1 aliphatic rings. The molecule has 0 radical (unpaired) electrons. The van der Waals surface area contributed by atoms with Crippen molar-refractivity contribution in [2.75, 3.05) is 18.6 Å². The number of hydrogen-bond donors (Lipinski definition) is 0. The maximum atomic E-state index is 14.1. The highest BCUT2D eigenvalue weighted by Crippen LogP contribution is 2.40. The molecule has 184 valence electrons. The maximum absolute atomic E-state index is 14.1. The van der Waals surface area contributed by atoms with E-state index in [0.29, 0.717) is 44.7 Å². The number of methoxy groups -OCH3 is 1. The summed E-state index contributed by atoms with van der Waals surface area (Å²) in [6.45, 7) is 0.389. The van der Waals surface area contributed by atoms with E-state index in [1.54, 1.807) is 48.9 Å². The molecule has 0 bridgehead atoms. The first-order valence-electron chi connectivity index (χ1n) is 10.9. The number of thiazole rings is 1. The minimum Gasteiger partial charge on any atom is -0.494 e. The zero-order chi connectivity index (χ0) is 24.6. The predicted octanol–water partition coefficient (Wildman–Crippen LogP) is 5.39. The van der Waals surface area contributed by atoms with Crippen molar-refractivity contribution in [2.24, 2.45) is 0 Å². The first-order valence-corrected chi connectivity index (χ1v) is 14.4. The summed E-state index contributed by atoms with van der Waals surface area (Å²) in [6, 6.07) is 9.36. The van der Waals surface area contributed by atoms with E-state index in [1.165, 1.54) is 26.8 Å². The van der Waals surface area contributed by atoms with Gasteiger partial charge in [-0.25, -0.2) is 13.4 Å². The Hall–Kier alpha value is -2.44. The van der Waals surface area contributed by atoms with Crippen LogP contribution < -0.4 is 9.64 Å². The third-order valence-electron chi connectivity index (χ3n) is 5.85. The lowest BCUT2D eigenvalue weighted by Gasteiger charge is -2.35. The molecule has 0 aliphatic carbocycles. The first-order chi connectivity index (χ1) is 16.9. The van der Waals surface area contributed by atoms with Gasteiger partial charge in [0.1, 0.15) is 27.3 Å². The van der Waals surface area contributed by atoms with Crippen molar-refractivity contribution >= 4 is 65.6 Å².